The Bertz CT molecular complexity index is 1040. The zero-order chi connectivity index (χ0) is 46.5. The van der Waals surface area contributed by atoms with E-state index in [1.165, 1.54) is 231 Å². The second kappa shape index (κ2) is 53.9. The Hall–Kier alpha value is -1.69. The number of allylic oxidation sites excluding steroid dienone is 7. The molecule has 0 aromatic rings. The van der Waals surface area contributed by atoms with E-state index in [4.69, 9.17) is 0 Å². The molecule has 0 fully saturated rings. The summed E-state index contributed by atoms with van der Waals surface area (Å²) in [7, 11) is 0. The highest BCUT2D eigenvalue weighted by molar-refractivity contribution is 5.76. The SMILES string of the molecule is CCCCCCCCCCC/C=C\C/C=C\CCCCCCCCCCCCCCCCCC(O)CC(=O)NC(CO)C(O)/C=C/CC/C=C/CCCCCCCCCCCCCC. The van der Waals surface area contributed by atoms with Crippen LogP contribution in [-0.2, 0) is 4.79 Å². The van der Waals surface area contributed by atoms with Gasteiger partial charge in [-0.15, -0.1) is 0 Å². The summed E-state index contributed by atoms with van der Waals surface area (Å²) in [6.07, 6.45) is 71.6. The Labute approximate surface area is 399 Å². The molecule has 0 bridgehead atoms. The second-order valence-corrected chi connectivity index (χ2v) is 19.5. The normalized spacial score (nSPS) is 13.6. The molecule has 0 heterocycles. The van der Waals surface area contributed by atoms with Crippen LogP contribution in [0.3, 0.4) is 0 Å². The van der Waals surface area contributed by atoms with Gasteiger partial charge in [-0.25, -0.2) is 0 Å². The van der Waals surface area contributed by atoms with E-state index >= 15 is 0 Å². The van der Waals surface area contributed by atoms with Crippen molar-refractivity contribution in [2.75, 3.05) is 6.61 Å². The minimum Gasteiger partial charge on any atom is -0.394 e. The van der Waals surface area contributed by atoms with Crippen LogP contribution in [0.4, 0.5) is 0 Å². The molecule has 0 aliphatic heterocycles. The van der Waals surface area contributed by atoms with E-state index in [0.717, 1.165) is 38.5 Å². The number of carbonyl (C=O) groups is 1. The fourth-order valence-corrected chi connectivity index (χ4v) is 8.74. The Kier molecular flexibility index (Phi) is 52.5. The molecule has 0 saturated heterocycles. The van der Waals surface area contributed by atoms with E-state index in [-0.39, 0.29) is 18.9 Å². The molecule has 0 radical (unpaired) electrons. The van der Waals surface area contributed by atoms with E-state index in [2.05, 4.69) is 55.6 Å². The molecule has 3 atom stereocenters. The molecule has 0 spiro atoms. The minimum absolute atomic E-state index is 0.00623. The number of unbranched alkanes of at least 4 members (excludes halogenated alkanes) is 37. The van der Waals surface area contributed by atoms with Gasteiger partial charge in [0, 0.05) is 0 Å². The topological polar surface area (TPSA) is 89.8 Å². The first-order valence-electron chi connectivity index (χ1n) is 28.4. The van der Waals surface area contributed by atoms with E-state index in [9.17, 15) is 20.1 Å². The molecule has 4 N–H and O–H groups in total. The Morgan fingerprint density at radius 2 is 0.719 bits per heavy atom. The lowest BCUT2D eigenvalue weighted by molar-refractivity contribution is -0.124. The second-order valence-electron chi connectivity index (χ2n) is 19.5. The number of aliphatic hydroxyl groups excluding tert-OH is 3. The van der Waals surface area contributed by atoms with Gasteiger partial charge >= 0.3 is 0 Å². The zero-order valence-corrected chi connectivity index (χ0v) is 42.9. The summed E-state index contributed by atoms with van der Waals surface area (Å²) in [5.74, 6) is -0.323. The molecule has 5 heteroatoms. The molecular weight excluding hydrogens is 787 g/mol. The predicted molar refractivity (Wildman–Crippen MR) is 282 cm³/mol. The molecule has 0 saturated carbocycles. The van der Waals surface area contributed by atoms with Crippen molar-refractivity contribution in [3.05, 3.63) is 48.6 Å². The van der Waals surface area contributed by atoms with E-state index in [1.54, 1.807) is 6.08 Å². The predicted octanol–water partition coefficient (Wildman–Crippen LogP) is 17.6. The zero-order valence-electron chi connectivity index (χ0n) is 42.9. The van der Waals surface area contributed by atoms with Crippen molar-refractivity contribution in [2.24, 2.45) is 0 Å². The summed E-state index contributed by atoms with van der Waals surface area (Å²) < 4.78 is 0. The maximum Gasteiger partial charge on any atom is 0.222 e. The Morgan fingerprint density at radius 1 is 0.406 bits per heavy atom. The number of hydrogen-bond acceptors (Lipinski definition) is 4. The van der Waals surface area contributed by atoms with Crippen LogP contribution in [-0.4, -0.2) is 46.1 Å². The van der Waals surface area contributed by atoms with Crippen molar-refractivity contribution < 1.29 is 20.1 Å². The van der Waals surface area contributed by atoms with Crippen LogP contribution < -0.4 is 5.32 Å². The van der Waals surface area contributed by atoms with Gasteiger partial charge in [-0.3, -0.25) is 4.79 Å². The summed E-state index contributed by atoms with van der Waals surface area (Å²) >= 11 is 0. The third-order valence-electron chi connectivity index (χ3n) is 13.1. The fourth-order valence-electron chi connectivity index (χ4n) is 8.74. The first-order chi connectivity index (χ1) is 31.5. The van der Waals surface area contributed by atoms with Crippen LogP contribution >= 0.6 is 0 Å². The first kappa shape index (κ1) is 62.3. The van der Waals surface area contributed by atoms with Gasteiger partial charge in [0.25, 0.3) is 0 Å². The maximum atomic E-state index is 12.5. The van der Waals surface area contributed by atoms with Crippen LogP contribution in [0.25, 0.3) is 0 Å². The average molecular weight is 899 g/mol. The van der Waals surface area contributed by atoms with Gasteiger partial charge in [-0.05, 0) is 64.2 Å². The van der Waals surface area contributed by atoms with Gasteiger partial charge in [-0.2, -0.15) is 0 Å². The molecule has 3 unspecified atom stereocenters. The molecule has 0 aromatic carbocycles. The molecule has 376 valence electrons. The number of hydrogen-bond donors (Lipinski definition) is 4. The van der Waals surface area contributed by atoms with Gasteiger partial charge in [0.1, 0.15) is 0 Å². The average Bonchev–Trinajstić information content (AvgIpc) is 3.29. The summed E-state index contributed by atoms with van der Waals surface area (Å²) in [6.45, 7) is 4.22. The van der Waals surface area contributed by atoms with Crippen LogP contribution in [0, 0.1) is 0 Å². The molecule has 0 aromatic heterocycles. The maximum absolute atomic E-state index is 12.5. The van der Waals surface area contributed by atoms with Crippen LogP contribution in [0.2, 0.25) is 0 Å². The lowest BCUT2D eigenvalue weighted by atomic mass is 10.0. The number of aliphatic hydroxyl groups is 3. The molecule has 0 aliphatic carbocycles. The molecular formula is C59H111NO4. The van der Waals surface area contributed by atoms with Crippen molar-refractivity contribution >= 4 is 5.91 Å². The van der Waals surface area contributed by atoms with Crippen LogP contribution in [0.15, 0.2) is 48.6 Å². The quantitative estimate of drug-likeness (QED) is 0.0362. The number of carbonyl (C=O) groups excluding carboxylic acids is 1. The van der Waals surface area contributed by atoms with Crippen LogP contribution in [0.5, 0.6) is 0 Å². The lowest BCUT2D eigenvalue weighted by Crippen LogP contribution is -2.45. The van der Waals surface area contributed by atoms with Gasteiger partial charge < -0.3 is 20.6 Å². The Morgan fingerprint density at radius 3 is 1.09 bits per heavy atom. The number of rotatable bonds is 52. The van der Waals surface area contributed by atoms with Crippen LogP contribution in [0.1, 0.15) is 296 Å². The molecule has 1 amide bonds. The van der Waals surface area contributed by atoms with Crippen molar-refractivity contribution in [3.8, 4) is 0 Å². The lowest BCUT2D eigenvalue weighted by Gasteiger charge is -2.21. The summed E-state index contributed by atoms with van der Waals surface area (Å²) in [5.41, 5.74) is 0. The van der Waals surface area contributed by atoms with Gasteiger partial charge in [-0.1, -0.05) is 274 Å². The first-order valence-corrected chi connectivity index (χ1v) is 28.4. The largest absolute Gasteiger partial charge is 0.394 e. The van der Waals surface area contributed by atoms with Gasteiger partial charge in [0.2, 0.25) is 5.91 Å². The number of amides is 1. The highest BCUT2D eigenvalue weighted by Gasteiger charge is 2.20. The smallest absolute Gasteiger partial charge is 0.222 e. The van der Waals surface area contributed by atoms with Crippen molar-refractivity contribution in [3.63, 3.8) is 0 Å². The van der Waals surface area contributed by atoms with Crippen molar-refractivity contribution in [1.82, 2.24) is 5.32 Å². The third-order valence-corrected chi connectivity index (χ3v) is 13.1. The third kappa shape index (κ3) is 49.7. The van der Waals surface area contributed by atoms with Gasteiger partial charge in [0.05, 0.1) is 31.3 Å². The van der Waals surface area contributed by atoms with Crippen molar-refractivity contribution in [1.29, 1.82) is 0 Å². The minimum atomic E-state index is -0.953. The van der Waals surface area contributed by atoms with Gasteiger partial charge in [0.15, 0.2) is 0 Å². The van der Waals surface area contributed by atoms with E-state index < -0.39 is 18.2 Å². The highest BCUT2D eigenvalue weighted by Crippen LogP contribution is 2.17. The molecule has 0 aliphatic rings. The van der Waals surface area contributed by atoms with Crippen molar-refractivity contribution in [2.45, 2.75) is 315 Å². The molecule has 5 nitrogen and oxygen atoms in total. The summed E-state index contributed by atoms with van der Waals surface area (Å²) in [4.78, 5) is 12.5. The monoisotopic (exact) mass is 898 g/mol. The fraction of sp³-hybridized carbons (Fsp3) is 0.847. The molecule has 64 heavy (non-hydrogen) atoms. The highest BCUT2D eigenvalue weighted by atomic mass is 16.3. The number of nitrogens with one attached hydrogen (secondary N) is 1. The molecule has 0 rings (SSSR count). The summed E-state index contributed by atoms with van der Waals surface area (Å²) in [6, 6.07) is -0.762. The standard InChI is InChI=1S/C59H111NO4/c1-3-5-7-9-11-13-15-17-19-21-23-24-25-26-27-28-29-30-31-32-33-34-35-36-38-40-42-44-46-48-50-52-56(62)54-59(64)60-57(55-61)58(63)53-51-49-47-45-43-41-39-37-22-20-18-16-14-12-10-8-6-4-2/h23-24,26-27,43,45,51,53,56-58,61-63H,3-22,25,28-42,44,46-50,52,54-55H2,1-2H3,(H,60,64)/b24-23-,27-26-,45-43+,53-51+. The Balaban J connectivity index is 3.57. The van der Waals surface area contributed by atoms with E-state index in [1.807, 2.05) is 6.08 Å². The van der Waals surface area contributed by atoms with E-state index in [0.29, 0.717) is 6.42 Å². The summed E-state index contributed by atoms with van der Waals surface area (Å²) in [5, 5.41) is 33.4.